The molecule has 0 aromatic heterocycles. The molecule has 0 aliphatic heterocycles. The average Bonchev–Trinajstić information content (AvgIpc) is 3.15. The van der Waals surface area contributed by atoms with Gasteiger partial charge in [0.15, 0.2) is 0 Å². The van der Waals surface area contributed by atoms with Crippen LogP contribution in [-0.2, 0) is 4.79 Å². The topological polar surface area (TPSA) is 29.1 Å². The predicted octanol–water partition coefficient (Wildman–Crippen LogP) is 3.88. The van der Waals surface area contributed by atoms with E-state index in [4.69, 9.17) is 0 Å². The number of hydrogen-bond donors (Lipinski definition) is 1. The van der Waals surface area contributed by atoms with Crippen molar-refractivity contribution >= 4 is 5.91 Å². The zero-order valence-corrected chi connectivity index (χ0v) is 12.6. The minimum atomic E-state index is 0.334. The number of fused-ring (bicyclic) bond motifs is 1. The van der Waals surface area contributed by atoms with Crippen molar-refractivity contribution in [1.29, 1.82) is 0 Å². The van der Waals surface area contributed by atoms with E-state index in [2.05, 4.69) is 35.6 Å². The SMILES string of the molecule is O=C(NC1CCC(c2ccccc2)CC1)C1CC2CC2C1. The monoisotopic (exact) mass is 283 g/mol. The number of amides is 1. The number of carbonyl (C=O) groups excluding carboxylic acids is 1. The maximum atomic E-state index is 12.3. The van der Waals surface area contributed by atoms with E-state index >= 15 is 0 Å². The Morgan fingerprint density at radius 2 is 1.57 bits per heavy atom. The molecule has 3 aliphatic carbocycles. The summed E-state index contributed by atoms with van der Waals surface area (Å²) in [7, 11) is 0. The Kier molecular flexibility index (Phi) is 3.48. The first-order valence-electron chi connectivity index (χ1n) is 8.65. The molecule has 1 amide bonds. The molecule has 3 fully saturated rings. The maximum Gasteiger partial charge on any atom is 0.223 e. The van der Waals surface area contributed by atoms with Crippen molar-refractivity contribution in [3.8, 4) is 0 Å². The Morgan fingerprint density at radius 1 is 0.905 bits per heavy atom. The highest BCUT2D eigenvalue weighted by atomic mass is 16.1. The van der Waals surface area contributed by atoms with E-state index in [0.29, 0.717) is 23.8 Å². The van der Waals surface area contributed by atoms with Crippen LogP contribution in [-0.4, -0.2) is 11.9 Å². The second-order valence-corrected chi connectivity index (χ2v) is 7.39. The van der Waals surface area contributed by atoms with Gasteiger partial charge in [-0.05, 0) is 68.3 Å². The van der Waals surface area contributed by atoms with Gasteiger partial charge in [0, 0.05) is 12.0 Å². The van der Waals surface area contributed by atoms with E-state index in [0.717, 1.165) is 37.5 Å². The summed E-state index contributed by atoms with van der Waals surface area (Å²) in [4.78, 5) is 12.3. The van der Waals surface area contributed by atoms with Crippen LogP contribution in [0.25, 0.3) is 0 Å². The number of benzene rings is 1. The molecule has 0 spiro atoms. The summed E-state index contributed by atoms with van der Waals surface area (Å²) in [6, 6.07) is 11.3. The largest absolute Gasteiger partial charge is 0.353 e. The molecule has 2 nitrogen and oxygen atoms in total. The fourth-order valence-electron chi connectivity index (χ4n) is 4.54. The zero-order valence-electron chi connectivity index (χ0n) is 12.6. The standard InChI is InChI=1S/C19H25NO/c21-19(17-11-15-10-16(15)12-17)20-18-8-6-14(7-9-18)13-4-2-1-3-5-13/h1-5,14-18H,6-12H2,(H,20,21). The molecule has 1 N–H and O–H groups in total. The molecule has 112 valence electrons. The van der Waals surface area contributed by atoms with Gasteiger partial charge >= 0.3 is 0 Å². The third kappa shape index (κ3) is 2.86. The first-order valence-corrected chi connectivity index (χ1v) is 8.65. The molecular formula is C19H25NO. The third-order valence-electron chi connectivity index (χ3n) is 5.96. The second kappa shape index (κ2) is 5.47. The molecule has 2 heteroatoms. The van der Waals surface area contributed by atoms with Crippen molar-refractivity contribution < 1.29 is 4.79 Å². The molecule has 3 aliphatic rings. The Hall–Kier alpha value is -1.31. The lowest BCUT2D eigenvalue weighted by atomic mass is 9.81. The van der Waals surface area contributed by atoms with E-state index < -0.39 is 0 Å². The van der Waals surface area contributed by atoms with E-state index in [9.17, 15) is 4.79 Å². The summed E-state index contributed by atoms with van der Waals surface area (Å²) >= 11 is 0. The molecule has 0 radical (unpaired) electrons. The Balaban J connectivity index is 1.26. The van der Waals surface area contributed by atoms with Gasteiger partial charge in [-0.2, -0.15) is 0 Å². The second-order valence-electron chi connectivity index (χ2n) is 7.39. The van der Waals surface area contributed by atoms with Crippen LogP contribution in [0.1, 0.15) is 56.4 Å². The Morgan fingerprint density at radius 3 is 2.24 bits per heavy atom. The van der Waals surface area contributed by atoms with E-state index in [1.165, 1.54) is 24.8 Å². The Bertz CT molecular complexity index is 494. The van der Waals surface area contributed by atoms with Gasteiger partial charge in [0.25, 0.3) is 0 Å². The molecule has 0 heterocycles. The summed E-state index contributed by atoms with van der Waals surface area (Å²) in [6.07, 6.45) is 8.43. The molecule has 4 rings (SSSR count). The van der Waals surface area contributed by atoms with Gasteiger partial charge in [-0.3, -0.25) is 4.79 Å². The smallest absolute Gasteiger partial charge is 0.223 e. The van der Waals surface area contributed by atoms with Crippen molar-refractivity contribution in [3.63, 3.8) is 0 Å². The number of hydrogen-bond acceptors (Lipinski definition) is 1. The molecule has 1 aromatic rings. The lowest BCUT2D eigenvalue weighted by Gasteiger charge is -2.30. The van der Waals surface area contributed by atoms with Gasteiger partial charge in [-0.15, -0.1) is 0 Å². The van der Waals surface area contributed by atoms with Gasteiger partial charge in [0.05, 0.1) is 0 Å². The van der Waals surface area contributed by atoms with Crippen molar-refractivity contribution in [2.75, 3.05) is 0 Å². The molecule has 0 saturated heterocycles. The van der Waals surface area contributed by atoms with Gasteiger partial charge in [-0.25, -0.2) is 0 Å². The fourth-order valence-corrected chi connectivity index (χ4v) is 4.54. The van der Waals surface area contributed by atoms with Crippen molar-refractivity contribution in [1.82, 2.24) is 5.32 Å². The first kappa shape index (κ1) is 13.4. The van der Waals surface area contributed by atoms with Crippen LogP contribution in [0.3, 0.4) is 0 Å². The van der Waals surface area contributed by atoms with Gasteiger partial charge < -0.3 is 5.32 Å². The van der Waals surface area contributed by atoms with Crippen molar-refractivity contribution in [3.05, 3.63) is 35.9 Å². The van der Waals surface area contributed by atoms with Gasteiger partial charge in [-0.1, -0.05) is 30.3 Å². The fraction of sp³-hybridized carbons (Fsp3) is 0.632. The third-order valence-corrected chi connectivity index (χ3v) is 5.96. The average molecular weight is 283 g/mol. The van der Waals surface area contributed by atoms with Crippen molar-refractivity contribution in [2.45, 2.75) is 56.9 Å². The van der Waals surface area contributed by atoms with Crippen LogP contribution < -0.4 is 5.32 Å². The molecular weight excluding hydrogens is 258 g/mol. The van der Waals surface area contributed by atoms with Crippen LogP contribution in [0.5, 0.6) is 0 Å². The zero-order chi connectivity index (χ0) is 14.2. The van der Waals surface area contributed by atoms with Gasteiger partial charge in [0.1, 0.15) is 0 Å². The van der Waals surface area contributed by atoms with E-state index in [1.807, 2.05) is 0 Å². The van der Waals surface area contributed by atoms with Crippen molar-refractivity contribution in [2.24, 2.45) is 17.8 Å². The Labute approximate surface area is 127 Å². The summed E-state index contributed by atoms with van der Waals surface area (Å²) in [5, 5.41) is 3.33. The van der Waals surface area contributed by atoms with Crippen LogP contribution >= 0.6 is 0 Å². The summed E-state index contributed by atoms with van der Waals surface area (Å²) in [5.41, 5.74) is 1.47. The predicted molar refractivity (Wildman–Crippen MR) is 83.9 cm³/mol. The maximum absolute atomic E-state index is 12.3. The number of nitrogens with one attached hydrogen (secondary N) is 1. The van der Waals surface area contributed by atoms with E-state index in [1.54, 1.807) is 0 Å². The molecule has 2 atom stereocenters. The normalized spacial score (nSPS) is 37.8. The van der Waals surface area contributed by atoms with E-state index in [-0.39, 0.29) is 0 Å². The summed E-state index contributed by atoms with van der Waals surface area (Å²) in [5.74, 6) is 3.17. The number of carbonyl (C=O) groups is 1. The van der Waals surface area contributed by atoms with Crippen LogP contribution in [0.15, 0.2) is 30.3 Å². The molecule has 21 heavy (non-hydrogen) atoms. The molecule has 3 saturated carbocycles. The lowest BCUT2D eigenvalue weighted by molar-refractivity contribution is -0.126. The van der Waals surface area contributed by atoms with Crippen LogP contribution in [0, 0.1) is 17.8 Å². The molecule has 1 aromatic carbocycles. The minimum Gasteiger partial charge on any atom is -0.353 e. The first-order chi connectivity index (χ1) is 10.3. The van der Waals surface area contributed by atoms with Crippen LogP contribution in [0.2, 0.25) is 0 Å². The summed E-state index contributed by atoms with van der Waals surface area (Å²) < 4.78 is 0. The molecule has 0 bridgehead atoms. The quantitative estimate of drug-likeness (QED) is 0.896. The highest BCUT2D eigenvalue weighted by Gasteiger charge is 2.48. The highest BCUT2D eigenvalue weighted by Crippen LogP contribution is 2.54. The summed E-state index contributed by atoms with van der Waals surface area (Å²) in [6.45, 7) is 0. The number of rotatable bonds is 3. The highest BCUT2D eigenvalue weighted by molar-refractivity contribution is 5.79. The minimum absolute atomic E-state index is 0.334. The van der Waals surface area contributed by atoms with Crippen LogP contribution in [0.4, 0.5) is 0 Å². The van der Waals surface area contributed by atoms with Gasteiger partial charge in [0.2, 0.25) is 5.91 Å². The lowest BCUT2D eigenvalue weighted by Crippen LogP contribution is -2.40. The molecule has 2 unspecified atom stereocenters.